The minimum atomic E-state index is -0.340. The number of carbonyl (C=O) groups is 1. The standard InChI is InChI=1S/C16H21N5O3/c1-20(11-5-3-4-6-11)16(23)24-10-14-15(18-19-21(14)2)13-8-7-12(22)9-17-13/h7-9,11,22H,3-6,10H2,1-2H3. The molecule has 1 N–H and O–H groups in total. The van der Waals surface area contributed by atoms with Crippen LogP contribution >= 0.6 is 0 Å². The smallest absolute Gasteiger partial charge is 0.410 e. The van der Waals surface area contributed by atoms with Gasteiger partial charge in [-0.3, -0.25) is 4.98 Å². The molecule has 2 heterocycles. The van der Waals surface area contributed by atoms with E-state index in [1.165, 1.54) is 12.3 Å². The second-order valence-corrected chi connectivity index (χ2v) is 6.01. The van der Waals surface area contributed by atoms with Gasteiger partial charge in [0.2, 0.25) is 0 Å². The van der Waals surface area contributed by atoms with Gasteiger partial charge in [0.15, 0.2) is 0 Å². The lowest BCUT2D eigenvalue weighted by Gasteiger charge is -2.23. The molecular weight excluding hydrogens is 310 g/mol. The number of hydrogen-bond acceptors (Lipinski definition) is 6. The van der Waals surface area contributed by atoms with Crippen LogP contribution in [0.2, 0.25) is 0 Å². The summed E-state index contributed by atoms with van der Waals surface area (Å²) in [7, 11) is 3.52. The quantitative estimate of drug-likeness (QED) is 0.922. The predicted octanol–water partition coefficient (Wildman–Crippen LogP) is 2.09. The Morgan fingerprint density at radius 1 is 1.42 bits per heavy atom. The van der Waals surface area contributed by atoms with Crippen molar-refractivity contribution in [2.24, 2.45) is 7.05 Å². The Labute approximate surface area is 140 Å². The molecule has 0 radical (unpaired) electrons. The molecule has 24 heavy (non-hydrogen) atoms. The molecule has 1 fully saturated rings. The van der Waals surface area contributed by atoms with Crippen LogP contribution in [0.25, 0.3) is 11.4 Å². The molecule has 1 aliphatic carbocycles. The number of ether oxygens (including phenoxy) is 1. The molecular formula is C16H21N5O3. The Morgan fingerprint density at radius 3 is 2.83 bits per heavy atom. The third kappa shape index (κ3) is 3.32. The third-order valence-corrected chi connectivity index (χ3v) is 4.43. The van der Waals surface area contributed by atoms with Crippen molar-refractivity contribution >= 4 is 6.09 Å². The van der Waals surface area contributed by atoms with Crippen LogP contribution in [-0.4, -0.2) is 49.2 Å². The molecule has 8 heteroatoms. The first kappa shape index (κ1) is 16.2. The highest BCUT2D eigenvalue weighted by Gasteiger charge is 2.25. The van der Waals surface area contributed by atoms with Crippen molar-refractivity contribution in [3.05, 3.63) is 24.0 Å². The van der Waals surface area contributed by atoms with Crippen LogP contribution in [0.15, 0.2) is 18.3 Å². The number of aromatic hydroxyl groups is 1. The summed E-state index contributed by atoms with van der Waals surface area (Å²) in [6.07, 6.45) is 5.37. The molecule has 2 aromatic rings. The number of carbonyl (C=O) groups excluding carboxylic acids is 1. The van der Waals surface area contributed by atoms with Gasteiger partial charge in [-0.25, -0.2) is 9.48 Å². The third-order valence-electron chi connectivity index (χ3n) is 4.43. The minimum absolute atomic E-state index is 0.0667. The van der Waals surface area contributed by atoms with Gasteiger partial charge in [-0.2, -0.15) is 0 Å². The fourth-order valence-corrected chi connectivity index (χ4v) is 2.94. The number of amides is 1. The van der Waals surface area contributed by atoms with Gasteiger partial charge in [-0.05, 0) is 25.0 Å². The highest BCUT2D eigenvalue weighted by molar-refractivity contribution is 5.68. The average molecular weight is 331 g/mol. The van der Waals surface area contributed by atoms with Crippen molar-refractivity contribution in [1.29, 1.82) is 0 Å². The summed E-state index contributed by atoms with van der Waals surface area (Å²) in [4.78, 5) is 18.0. The molecule has 0 bridgehead atoms. The Bertz CT molecular complexity index is 707. The van der Waals surface area contributed by atoms with Gasteiger partial charge >= 0.3 is 6.09 Å². The Morgan fingerprint density at radius 2 is 2.17 bits per heavy atom. The number of rotatable bonds is 4. The van der Waals surface area contributed by atoms with Crippen molar-refractivity contribution < 1.29 is 14.6 Å². The second-order valence-electron chi connectivity index (χ2n) is 6.01. The molecule has 0 spiro atoms. The largest absolute Gasteiger partial charge is 0.506 e. The highest BCUT2D eigenvalue weighted by Crippen LogP contribution is 2.24. The van der Waals surface area contributed by atoms with Gasteiger partial charge in [0.25, 0.3) is 0 Å². The van der Waals surface area contributed by atoms with Crippen LogP contribution in [0.3, 0.4) is 0 Å². The summed E-state index contributed by atoms with van der Waals surface area (Å²) < 4.78 is 7.00. The summed E-state index contributed by atoms with van der Waals surface area (Å²) in [5.41, 5.74) is 1.76. The SMILES string of the molecule is CN(C(=O)OCc1c(-c2ccc(O)cn2)nnn1C)C1CCCC1. The van der Waals surface area contributed by atoms with E-state index in [9.17, 15) is 9.90 Å². The first-order valence-electron chi connectivity index (χ1n) is 8.00. The summed E-state index contributed by atoms with van der Waals surface area (Å²) in [6, 6.07) is 3.44. The van der Waals surface area contributed by atoms with Crippen LogP contribution in [0.5, 0.6) is 5.75 Å². The molecule has 1 saturated carbocycles. The topological polar surface area (TPSA) is 93.4 Å². The van der Waals surface area contributed by atoms with Crippen molar-refractivity contribution in [3.63, 3.8) is 0 Å². The highest BCUT2D eigenvalue weighted by atomic mass is 16.6. The van der Waals surface area contributed by atoms with E-state index in [4.69, 9.17) is 4.74 Å². The van der Waals surface area contributed by atoms with Crippen molar-refractivity contribution in [1.82, 2.24) is 24.9 Å². The minimum Gasteiger partial charge on any atom is -0.506 e. The lowest BCUT2D eigenvalue weighted by Crippen LogP contribution is -2.35. The van der Waals surface area contributed by atoms with Crippen LogP contribution in [0, 0.1) is 0 Å². The Balaban J connectivity index is 1.70. The zero-order valence-electron chi connectivity index (χ0n) is 13.8. The first-order chi connectivity index (χ1) is 11.6. The Kier molecular flexibility index (Phi) is 4.64. The van der Waals surface area contributed by atoms with Crippen molar-refractivity contribution in [3.8, 4) is 17.1 Å². The maximum atomic E-state index is 12.2. The van der Waals surface area contributed by atoms with E-state index in [1.807, 2.05) is 0 Å². The number of nitrogens with zero attached hydrogens (tertiary/aromatic N) is 5. The fourth-order valence-electron chi connectivity index (χ4n) is 2.94. The molecule has 1 amide bonds. The molecule has 8 nitrogen and oxygen atoms in total. The zero-order chi connectivity index (χ0) is 17.1. The predicted molar refractivity (Wildman–Crippen MR) is 86.1 cm³/mol. The molecule has 128 valence electrons. The van der Waals surface area contributed by atoms with Crippen LogP contribution in [-0.2, 0) is 18.4 Å². The Hall–Kier alpha value is -2.64. The molecule has 0 aromatic carbocycles. The van der Waals surface area contributed by atoms with E-state index < -0.39 is 0 Å². The van der Waals surface area contributed by atoms with E-state index in [1.54, 1.807) is 29.7 Å². The normalized spacial score (nSPS) is 14.8. The molecule has 0 aliphatic heterocycles. The van der Waals surface area contributed by atoms with Gasteiger partial charge < -0.3 is 14.7 Å². The zero-order valence-corrected chi connectivity index (χ0v) is 13.8. The summed E-state index contributed by atoms with van der Waals surface area (Å²) in [5.74, 6) is 0.0776. The van der Waals surface area contributed by atoms with Gasteiger partial charge in [-0.15, -0.1) is 5.10 Å². The lowest BCUT2D eigenvalue weighted by atomic mass is 10.2. The summed E-state index contributed by atoms with van der Waals surface area (Å²) in [5, 5.41) is 17.4. The molecule has 0 saturated heterocycles. The second kappa shape index (κ2) is 6.86. The van der Waals surface area contributed by atoms with E-state index in [0.717, 1.165) is 25.7 Å². The maximum Gasteiger partial charge on any atom is 0.410 e. The van der Waals surface area contributed by atoms with Gasteiger partial charge in [0.05, 0.1) is 11.9 Å². The molecule has 2 aromatic heterocycles. The van der Waals surface area contributed by atoms with Gasteiger partial charge in [-0.1, -0.05) is 18.1 Å². The number of aromatic nitrogens is 4. The number of pyridine rings is 1. The maximum absolute atomic E-state index is 12.2. The van der Waals surface area contributed by atoms with E-state index in [0.29, 0.717) is 17.1 Å². The summed E-state index contributed by atoms with van der Waals surface area (Å²) >= 11 is 0. The first-order valence-corrected chi connectivity index (χ1v) is 8.00. The van der Waals surface area contributed by atoms with E-state index in [2.05, 4.69) is 15.3 Å². The van der Waals surface area contributed by atoms with E-state index >= 15 is 0 Å². The average Bonchev–Trinajstić information content (AvgIpc) is 3.23. The van der Waals surface area contributed by atoms with E-state index in [-0.39, 0.29) is 24.5 Å². The van der Waals surface area contributed by atoms with Crippen molar-refractivity contribution in [2.75, 3.05) is 7.05 Å². The molecule has 1 aliphatic rings. The van der Waals surface area contributed by atoms with Gasteiger partial charge in [0.1, 0.15) is 23.7 Å². The fraction of sp³-hybridized carbons (Fsp3) is 0.500. The van der Waals surface area contributed by atoms with Crippen LogP contribution in [0.1, 0.15) is 31.4 Å². The van der Waals surface area contributed by atoms with Crippen LogP contribution in [0.4, 0.5) is 4.79 Å². The number of hydrogen-bond donors (Lipinski definition) is 1. The van der Waals surface area contributed by atoms with Gasteiger partial charge in [0, 0.05) is 20.1 Å². The van der Waals surface area contributed by atoms with Crippen LogP contribution < -0.4 is 0 Å². The van der Waals surface area contributed by atoms with Crippen molar-refractivity contribution in [2.45, 2.75) is 38.3 Å². The molecule has 3 rings (SSSR count). The summed E-state index contributed by atoms with van der Waals surface area (Å²) in [6.45, 7) is 0.0667. The monoisotopic (exact) mass is 331 g/mol. The molecule has 0 unspecified atom stereocenters. The number of aryl methyl sites for hydroxylation is 1. The molecule has 0 atom stereocenters. The lowest BCUT2D eigenvalue weighted by molar-refractivity contribution is 0.0899.